The molecule has 0 heterocycles. The van der Waals surface area contributed by atoms with E-state index < -0.39 is 0 Å². The van der Waals surface area contributed by atoms with Crippen molar-refractivity contribution in [1.82, 2.24) is 5.43 Å². The van der Waals surface area contributed by atoms with Gasteiger partial charge in [-0.15, -0.1) is 0 Å². The zero-order valence-corrected chi connectivity index (χ0v) is 11.0. The van der Waals surface area contributed by atoms with Crippen molar-refractivity contribution in [2.45, 2.75) is 13.0 Å². The third kappa shape index (κ3) is 2.92. The van der Waals surface area contributed by atoms with Gasteiger partial charge in [0.2, 0.25) is 0 Å². The number of hydrogen-bond acceptors (Lipinski definition) is 3. The second kappa shape index (κ2) is 5.82. The van der Waals surface area contributed by atoms with Crippen LogP contribution in [0.4, 0.5) is 4.39 Å². The van der Waals surface area contributed by atoms with Crippen LogP contribution in [0.2, 0.25) is 0 Å². The van der Waals surface area contributed by atoms with E-state index in [1.54, 1.807) is 7.11 Å². The van der Waals surface area contributed by atoms with Gasteiger partial charge in [0.15, 0.2) is 0 Å². The average Bonchev–Trinajstić information content (AvgIpc) is 2.39. The van der Waals surface area contributed by atoms with Crippen molar-refractivity contribution in [1.29, 1.82) is 0 Å². The molecule has 0 fully saturated rings. The summed E-state index contributed by atoms with van der Waals surface area (Å²) in [5, 5.41) is 0. The molecule has 19 heavy (non-hydrogen) atoms. The lowest BCUT2D eigenvalue weighted by Crippen LogP contribution is -2.29. The van der Waals surface area contributed by atoms with Crippen LogP contribution in [0.1, 0.15) is 22.7 Å². The average molecular weight is 260 g/mol. The number of para-hydroxylation sites is 1. The number of nitrogens with one attached hydrogen (secondary N) is 1. The largest absolute Gasteiger partial charge is 0.496 e. The maximum Gasteiger partial charge on any atom is 0.124 e. The minimum Gasteiger partial charge on any atom is -0.496 e. The Morgan fingerprint density at radius 1 is 1.21 bits per heavy atom. The molecule has 1 atom stereocenters. The molecular weight excluding hydrogens is 243 g/mol. The van der Waals surface area contributed by atoms with Gasteiger partial charge in [-0.3, -0.25) is 5.84 Å². The Kier molecular flexibility index (Phi) is 4.14. The summed E-state index contributed by atoms with van der Waals surface area (Å²) in [4.78, 5) is 0. The number of methoxy groups -OCH3 is 1. The molecule has 0 saturated heterocycles. The molecule has 3 nitrogen and oxygen atoms in total. The summed E-state index contributed by atoms with van der Waals surface area (Å²) >= 11 is 0. The third-order valence-electron chi connectivity index (χ3n) is 3.01. The maximum absolute atomic E-state index is 13.5. The molecule has 0 amide bonds. The zero-order valence-electron chi connectivity index (χ0n) is 11.0. The monoisotopic (exact) mass is 260 g/mol. The number of benzene rings is 2. The van der Waals surface area contributed by atoms with Gasteiger partial charge in [0.1, 0.15) is 11.6 Å². The van der Waals surface area contributed by atoms with Gasteiger partial charge in [-0.2, -0.15) is 0 Å². The Labute approximate surface area is 112 Å². The minimum absolute atomic E-state index is 0.273. The third-order valence-corrected chi connectivity index (χ3v) is 3.01. The molecule has 100 valence electrons. The van der Waals surface area contributed by atoms with Gasteiger partial charge in [-0.1, -0.05) is 24.3 Å². The van der Waals surface area contributed by atoms with E-state index in [9.17, 15) is 4.39 Å². The molecule has 2 aromatic rings. The molecule has 0 aliphatic rings. The first-order valence-electron chi connectivity index (χ1n) is 6.02. The Balaban J connectivity index is 2.49. The highest BCUT2D eigenvalue weighted by atomic mass is 19.1. The molecule has 2 aromatic carbocycles. The van der Waals surface area contributed by atoms with E-state index in [2.05, 4.69) is 5.43 Å². The minimum atomic E-state index is -0.314. The first-order chi connectivity index (χ1) is 9.15. The van der Waals surface area contributed by atoms with E-state index in [4.69, 9.17) is 10.6 Å². The Hall–Kier alpha value is -1.91. The standard InChI is InChI=1S/C15H17FN2O/c1-10-7-11(9-12(16)8-10)15(18-17)13-5-3-4-6-14(13)19-2/h3-9,15,18H,17H2,1-2H3. The lowest BCUT2D eigenvalue weighted by Gasteiger charge is -2.20. The Morgan fingerprint density at radius 3 is 2.58 bits per heavy atom. The highest BCUT2D eigenvalue weighted by molar-refractivity contribution is 5.42. The summed E-state index contributed by atoms with van der Waals surface area (Å²) in [5.41, 5.74) is 5.21. The molecule has 0 aliphatic heterocycles. The lowest BCUT2D eigenvalue weighted by molar-refractivity contribution is 0.404. The number of hydrazine groups is 1. The van der Waals surface area contributed by atoms with Crippen LogP contribution in [0.3, 0.4) is 0 Å². The van der Waals surface area contributed by atoms with Crippen molar-refractivity contribution in [3.63, 3.8) is 0 Å². The van der Waals surface area contributed by atoms with Gasteiger partial charge in [-0.05, 0) is 36.2 Å². The van der Waals surface area contributed by atoms with Gasteiger partial charge in [0, 0.05) is 5.56 Å². The molecule has 0 aliphatic carbocycles. The van der Waals surface area contributed by atoms with Crippen LogP contribution < -0.4 is 16.0 Å². The molecule has 3 N–H and O–H groups in total. The molecule has 4 heteroatoms. The van der Waals surface area contributed by atoms with Crippen LogP contribution in [0.5, 0.6) is 5.75 Å². The summed E-state index contributed by atoms with van der Waals surface area (Å²) in [6, 6.07) is 12.1. The summed E-state index contributed by atoms with van der Waals surface area (Å²) in [7, 11) is 1.60. The van der Waals surface area contributed by atoms with Crippen LogP contribution in [0, 0.1) is 12.7 Å². The topological polar surface area (TPSA) is 47.3 Å². The van der Waals surface area contributed by atoms with Crippen molar-refractivity contribution >= 4 is 0 Å². The fraction of sp³-hybridized carbons (Fsp3) is 0.200. The Bertz CT molecular complexity index is 552. The van der Waals surface area contributed by atoms with Crippen molar-refractivity contribution < 1.29 is 9.13 Å². The number of nitrogens with two attached hydrogens (primary N) is 1. The van der Waals surface area contributed by atoms with Crippen molar-refractivity contribution in [2.24, 2.45) is 5.84 Å². The van der Waals surface area contributed by atoms with Gasteiger partial charge >= 0.3 is 0 Å². The van der Waals surface area contributed by atoms with Gasteiger partial charge in [0.25, 0.3) is 0 Å². The number of aryl methyl sites for hydroxylation is 1. The quantitative estimate of drug-likeness (QED) is 0.656. The van der Waals surface area contributed by atoms with Gasteiger partial charge in [-0.25, -0.2) is 9.82 Å². The van der Waals surface area contributed by atoms with Crippen molar-refractivity contribution in [2.75, 3.05) is 7.11 Å². The SMILES string of the molecule is COc1ccccc1C(NN)c1cc(C)cc(F)c1. The number of ether oxygens (including phenoxy) is 1. The van der Waals surface area contributed by atoms with E-state index in [-0.39, 0.29) is 11.9 Å². The van der Waals surface area contributed by atoms with E-state index in [1.807, 2.05) is 37.3 Å². The fourth-order valence-electron chi connectivity index (χ4n) is 2.20. The van der Waals surface area contributed by atoms with E-state index in [0.29, 0.717) is 5.75 Å². The van der Waals surface area contributed by atoms with Gasteiger partial charge in [0.05, 0.1) is 13.2 Å². The second-order valence-electron chi connectivity index (χ2n) is 4.40. The number of rotatable bonds is 4. The highest BCUT2D eigenvalue weighted by Gasteiger charge is 2.17. The molecule has 0 aromatic heterocycles. The molecule has 0 spiro atoms. The zero-order chi connectivity index (χ0) is 13.8. The van der Waals surface area contributed by atoms with Crippen LogP contribution in [0.25, 0.3) is 0 Å². The summed E-state index contributed by atoms with van der Waals surface area (Å²) in [5.74, 6) is 6.07. The number of halogens is 1. The normalized spacial score (nSPS) is 12.2. The van der Waals surface area contributed by atoms with Crippen LogP contribution >= 0.6 is 0 Å². The molecular formula is C15H17FN2O. The first-order valence-corrected chi connectivity index (χ1v) is 6.02. The Morgan fingerprint density at radius 2 is 1.95 bits per heavy atom. The van der Waals surface area contributed by atoms with Crippen molar-refractivity contribution in [3.8, 4) is 5.75 Å². The van der Waals surface area contributed by atoms with E-state index in [1.165, 1.54) is 12.1 Å². The number of hydrogen-bond donors (Lipinski definition) is 2. The highest BCUT2D eigenvalue weighted by Crippen LogP contribution is 2.30. The van der Waals surface area contributed by atoms with Crippen LogP contribution in [-0.4, -0.2) is 7.11 Å². The molecule has 0 bridgehead atoms. The van der Waals surface area contributed by atoms with Crippen LogP contribution in [-0.2, 0) is 0 Å². The molecule has 2 rings (SSSR count). The second-order valence-corrected chi connectivity index (χ2v) is 4.40. The molecule has 0 saturated carbocycles. The first kappa shape index (κ1) is 13.5. The predicted molar refractivity (Wildman–Crippen MR) is 73.3 cm³/mol. The summed E-state index contributed by atoms with van der Waals surface area (Å²) in [6.45, 7) is 1.85. The fourth-order valence-corrected chi connectivity index (χ4v) is 2.20. The maximum atomic E-state index is 13.5. The summed E-state index contributed by atoms with van der Waals surface area (Å²) in [6.07, 6.45) is 0. The smallest absolute Gasteiger partial charge is 0.124 e. The van der Waals surface area contributed by atoms with Crippen LogP contribution in [0.15, 0.2) is 42.5 Å². The van der Waals surface area contributed by atoms with E-state index >= 15 is 0 Å². The van der Waals surface area contributed by atoms with Gasteiger partial charge < -0.3 is 4.74 Å². The molecule has 0 radical (unpaired) electrons. The van der Waals surface area contributed by atoms with E-state index in [0.717, 1.165) is 16.7 Å². The summed E-state index contributed by atoms with van der Waals surface area (Å²) < 4.78 is 18.8. The molecule has 1 unspecified atom stereocenters. The van der Waals surface area contributed by atoms with Crippen molar-refractivity contribution in [3.05, 3.63) is 65.0 Å². The lowest BCUT2D eigenvalue weighted by atomic mass is 9.97. The predicted octanol–water partition coefficient (Wildman–Crippen LogP) is 2.70.